The van der Waals surface area contributed by atoms with Gasteiger partial charge in [-0.25, -0.2) is 0 Å². The number of hydrogen-bond donors (Lipinski definition) is 1. The number of ketones is 1. The van der Waals surface area contributed by atoms with Gasteiger partial charge in [0.1, 0.15) is 17.3 Å². The third-order valence-electron chi connectivity index (χ3n) is 5.51. The standard InChI is InChI=1S/C26H32N2O5/c1-16(2)33-19-10-8-18(9-11-19)23-22(25(30)26(31)28(23)14-13-27(4)5)24(29)20-15-17(3)7-12-21(20)32-6/h7-12,15-16,23,29H,13-14H2,1-6H3/b24-22+. The molecule has 2 aromatic carbocycles. The maximum atomic E-state index is 13.2. The SMILES string of the molecule is COc1ccc(C)cc1/C(O)=C1\C(=O)C(=O)N(CCN(C)C)C1c1ccc(OC(C)C)cc1. The van der Waals surface area contributed by atoms with Crippen molar-refractivity contribution in [3.63, 3.8) is 0 Å². The van der Waals surface area contributed by atoms with E-state index >= 15 is 0 Å². The number of benzene rings is 2. The van der Waals surface area contributed by atoms with Crippen molar-refractivity contribution >= 4 is 17.4 Å². The fraction of sp³-hybridized carbons (Fsp3) is 0.385. The molecule has 1 fully saturated rings. The van der Waals surface area contributed by atoms with Crippen molar-refractivity contribution in [2.24, 2.45) is 0 Å². The lowest BCUT2D eigenvalue weighted by Crippen LogP contribution is -2.35. The number of rotatable bonds is 8. The second kappa shape index (κ2) is 10.1. The fourth-order valence-electron chi connectivity index (χ4n) is 3.92. The van der Waals surface area contributed by atoms with Crippen LogP contribution in [0, 0.1) is 6.92 Å². The molecule has 0 aromatic heterocycles. The van der Waals surface area contributed by atoms with Gasteiger partial charge in [-0.15, -0.1) is 0 Å². The van der Waals surface area contributed by atoms with E-state index in [0.29, 0.717) is 30.2 Å². The van der Waals surface area contributed by atoms with Crippen LogP contribution in [0.3, 0.4) is 0 Å². The second-order valence-electron chi connectivity index (χ2n) is 8.74. The van der Waals surface area contributed by atoms with E-state index in [0.717, 1.165) is 11.1 Å². The zero-order chi connectivity index (χ0) is 24.3. The van der Waals surface area contributed by atoms with Crippen LogP contribution in [0.4, 0.5) is 0 Å². The Kier molecular flexibility index (Phi) is 7.43. The summed E-state index contributed by atoms with van der Waals surface area (Å²) in [6.07, 6.45) is 0.0235. The molecule has 1 heterocycles. The molecule has 1 unspecified atom stereocenters. The number of likely N-dealkylation sites (tertiary alicyclic amines) is 1. The third-order valence-corrected chi connectivity index (χ3v) is 5.51. The molecule has 3 rings (SSSR count). The Hall–Kier alpha value is -3.32. The molecule has 176 valence electrons. The molecule has 2 aromatic rings. The van der Waals surface area contributed by atoms with Gasteiger partial charge in [0.15, 0.2) is 0 Å². The molecule has 0 radical (unpaired) electrons. The van der Waals surface area contributed by atoms with Crippen molar-refractivity contribution in [1.29, 1.82) is 0 Å². The molecule has 7 heteroatoms. The molecule has 0 saturated carbocycles. The molecule has 1 aliphatic rings. The van der Waals surface area contributed by atoms with E-state index in [-0.39, 0.29) is 17.4 Å². The summed E-state index contributed by atoms with van der Waals surface area (Å²) in [5, 5.41) is 11.3. The van der Waals surface area contributed by atoms with Crippen molar-refractivity contribution < 1.29 is 24.2 Å². The van der Waals surface area contributed by atoms with E-state index in [4.69, 9.17) is 9.47 Å². The number of methoxy groups -OCH3 is 1. The highest BCUT2D eigenvalue weighted by Gasteiger charge is 2.46. The van der Waals surface area contributed by atoms with E-state index in [1.165, 1.54) is 12.0 Å². The lowest BCUT2D eigenvalue weighted by molar-refractivity contribution is -0.140. The monoisotopic (exact) mass is 452 g/mol. The van der Waals surface area contributed by atoms with E-state index < -0.39 is 17.7 Å². The number of nitrogens with zero attached hydrogens (tertiary/aromatic N) is 2. The summed E-state index contributed by atoms with van der Waals surface area (Å²) in [6.45, 7) is 6.69. The Morgan fingerprint density at radius 3 is 2.36 bits per heavy atom. The number of carbonyl (C=O) groups is 2. The topological polar surface area (TPSA) is 79.3 Å². The van der Waals surface area contributed by atoms with Crippen molar-refractivity contribution in [3.8, 4) is 11.5 Å². The first-order chi connectivity index (χ1) is 15.6. The van der Waals surface area contributed by atoms with Gasteiger partial charge in [0.05, 0.1) is 30.4 Å². The number of aliphatic hydroxyl groups is 1. The van der Waals surface area contributed by atoms with Gasteiger partial charge in [0.25, 0.3) is 11.7 Å². The van der Waals surface area contributed by atoms with Crippen LogP contribution in [-0.4, -0.2) is 67.0 Å². The minimum Gasteiger partial charge on any atom is -0.507 e. The van der Waals surface area contributed by atoms with Crippen LogP contribution in [0.25, 0.3) is 5.76 Å². The summed E-state index contributed by atoms with van der Waals surface area (Å²) < 4.78 is 11.2. The van der Waals surface area contributed by atoms with Gasteiger partial charge in [-0.3, -0.25) is 9.59 Å². The maximum Gasteiger partial charge on any atom is 0.295 e. The number of carbonyl (C=O) groups excluding carboxylic acids is 2. The Morgan fingerprint density at radius 2 is 1.79 bits per heavy atom. The number of likely N-dealkylation sites (N-methyl/N-ethyl adjacent to an activating group) is 1. The van der Waals surface area contributed by atoms with Gasteiger partial charge in [0.2, 0.25) is 0 Å². The lowest BCUT2D eigenvalue weighted by Gasteiger charge is -2.27. The average Bonchev–Trinajstić information content (AvgIpc) is 3.02. The van der Waals surface area contributed by atoms with Crippen LogP contribution < -0.4 is 9.47 Å². The summed E-state index contributed by atoms with van der Waals surface area (Å²) >= 11 is 0. The minimum absolute atomic E-state index is 0.0235. The fourth-order valence-corrected chi connectivity index (χ4v) is 3.92. The van der Waals surface area contributed by atoms with Crippen LogP contribution in [0.1, 0.15) is 36.6 Å². The number of ether oxygens (including phenoxy) is 2. The van der Waals surface area contributed by atoms with Gasteiger partial charge in [-0.05, 0) is 64.7 Å². The Bertz CT molecular complexity index is 1060. The average molecular weight is 453 g/mol. The van der Waals surface area contributed by atoms with Crippen LogP contribution >= 0.6 is 0 Å². The summed E-state index contributed by atoms with van der Waals surface area (Å²) in [7, 11) is 5.31. The van der Waals surface area contributed by atoms with E-state index in [1.54, 1.807) is 12.1 Å². The molecule has 7 nitrogen and oxygen atoms in total. The maximum absolute atomic E-state index is 13.2. The van der Waals surface area contributed by atoms with E-state index in [1.807, 2.05) is 70.1 Å². The summed E-state index contributed by atoms with van der Waals surface area (Å²) in [6, 6.07) is 11.9. The van der Waals surface area contributed by atoms with Gasteiger partial charge < -0.3 is 24.4 Å². The van der Waals surface area contributed by atoms with Gasteiger partial charge >= 0.3 is 0 Å². The number of amides is 1. The normalized spacial score (nSPS) is 17.8. The van der Waals surface area contributed by atoms with Crippen LogP contribution in [0.15, 0.2) is 48.0 Å². The highest BCUT2D eigenvalue weighted by molar-refractivity contribution is 6.46. The zero-order valence-corrected chi connectivity index (χ0v) is 20.1. The number of aliphatic hydroxyl groups excluding tert-OH is 1. The van der Waals surface area contributed by atoms with Crippen molar-refractivity contribution in [2.75, 3.05) is 34.3 Å². The third kappa shape index (κ3) is 5.20. The molecule has 1 amide bonds. The molecular formula is C26H32N2O5. The van der Waals surface area contributed by atoms with Crippen LogP contribution in [-0.2, 0) is 9.59 Å². The quantitative estimate of drug-likeness (QED) is 0.373. The molecule has 0 aliphatic carbocycles. The first-order valence-corrected chi connectivity index (χ1v) is 11.0. The highest BCUT2D eigenvalue weighted by atomic mass is 16.5. The van der Waals surface area contributed by atoms with Crippen LogP contribution in [0.2, 0.25) is 0 Å². The molecule has 0 spiro atoms. The molecule has 1 saturated heterocycles. The highest BCUT2D eigenvalue weighted by Crippen LogP contribution is 2.41. The second-order valence-corrected chi connectivity index (χ2v) is 8.74. The minimum atomic E-state index is -0.719. The molecular weight excluding hydrogens is 420 g/mol. The van der Waals surface area contributed by atoms with Gasteiger partial charge in [-0.2, -0.15) is 0 Å². The number of hydrogen-bond acceptors (Lipinski definition) is 6. The Balaban J connectivity index is 2.16. The predicted octanol–water partition coefficient (Wildman–Crippen LogP) is 3.77. The van der Waals surface area contributed by atoms with E-state index in [9.17, 15) is 14.7 Å². The first-order valence-electron chi connectivity index (χ1n) is 11.0. The van der Waals surface area contributed by atoms with Gasteiger partial charge in [0, 0.05) is 13.1 Å². The largest absolute Gasteiger partial charge is 0.507 e. The summed E-state index contributed by atoms with van der Waals surface area (Å²) in [5.74, 6) is -0.454. The van der Waals surface area contributed by atoms with Crippen molar-refractivity contribution in [2.45, 2.75) is 32.9 Å². The zero-order valence-electron chi connectivity index (χ0n) is 20.1. The predicted molar refractivity (Wildman–Crippen MR) is 128 cm³/mol. The molecule has 0 bridgehead atoms. The Morgan fingerprint density at radius 1 is 1.12 bits per heavy atom. The first kappa shape index (κ1) is 24.3. The number of Topliss-reactive ketones (excluding diaryl/α,β-unsaturated/α-hetero) is 1. The number of aryl methyl sites for hydroxylation is 1. The van der Waals surface area contributed by atoms with Crippen molar-refractivity contribution in [1.82, 2.24) is 9.80 Å². The Labute approximate surface area is 195 Å². The molecule has 33 heavy (non-hydrogen) atoms. The molecule has 1 N–H and O–H groups in total. The van der Waals surface area contributed by atoms with E-state index in [2.05, 4.69) is 0 Å². The summed E-state index contributed by atoms with van der Waals surface area (Å²) in [5.41, 5.74) is 2.05. The molecule has 1 aliphatic heterocycles. The van der Waals surface area contributed by atoms with Gasteiger partial charge in [-0.1, -0.05) is 23.8 Å². The lowest BCUT2D eigenvalue weighted by atomic mass is 9.94. The summed E-state index contributed by atoms with van der Waals surface area (Å²) in [4.78, 5) is 29.7. The van der Waals surface area contributed by atoms with Crippen LogP contribution in [0.5, 0.6) is 11.5 Å². The smallest absolute Gasteiger partial charge is 0.295 e. The molecule has 1 atom stereocenters. The van der Waals surface area contributed by atoms with Crippen molar-refractivity contribution in [3.05, 3.63) is 64.7 Å².